The Kier molecular flexibility index (Phi) is 6.35. The Morgan fingerprint density at radius 2 is 1.75 bits per heavy atom. The van der Waals surface area contributed by atoms with Gasteiger partial charge >= 0.3 is 0 Å². The number of nitrogens with zero attached hydrogens (tertiary/aromatic N) is 4. The number of rotatable bonds is 6. The van der Waals surface area contributed by atoms with E-state index in [4.69, 9.17) is 10.1 Å². The van der Waals surface area contributed by atoms with E-state index in [1.54, 1.807) is 16.8 Å². The number of nitro benzene ring substituents is 1. The predicted molar refractivity (Wildman–Crippen MR) is 146 cm³/mol. The average molecular weight is 496 g/mol. The van der Waals surface area contributed by atoms with Crippen LogP contribution in [-0.2, 0) is 0 Å². The molecule has 8 heteroatoms. The fourth-order valence-electron chi connectivity index (χ4n) is 4.07. The van der Waals surface area contributed by atoms with Crippen LogP contribution in [-0.4, -0.2) is 20.8 Å². The predicted octanol–water partition coefficient (Wildman–Crippen LogP) is 7.15. The Bertz CT molecular complexity index is 1640. The van der Waals surface area contributed by atoms with E-state index in [0.29, 0.717) is 10.7 Å². The van der Waals surface area contributed by atoms with E-state index in [9.17, 15) is 10.1 Å². The first-order valence-electron chi connectivity index (χ1n) is 11.6. The minimum absolute atomic E-state index is 0.0496. The second-order valence-corrected chi connectivity index (χ2v) is 9.67. The topological polar surface area (TPSA) is 88.6 Å². The monoisotopic (exact) mass is 495 g/mol. The van der Waals surface area contributed by atoms with Gasteiger partial charge in [0.25, 0.3) is 5.69 Å². The summed E-state index contributed by atoms with van der Waals surface area (Å²) in [5.41, 5.74) is 6.85. The summed E-state index contributed by atoms with van der Waals surface area (Å²) in [5.74, 6) is 0.448. The van der Waals surface area contributed by atoms with Crippen LogP contribution in [0.1, 0.15) is 36.6 Å². The maximum atomic E-state index is 11.1. The lowest BCUT2D eigenvalue weighted by Crippen LogP contribution is -2.11. The van der Waals surface area contributed by atoms with Gasteiger partial charge in [-0.2, -0.15) is 5.10 Å². The zero-order valence-corrected chi connectivity index (χ0v) is 21.0. The van der Waals surface area contributed by atoms with Gasteiger partial charge in [-0.15, -0.1) is 11.3 Å². The molecule has 0 saturated carbocycles. The number of hydrogen-bond acceptors (Lipinski definition) is 5. The summed E-state index contributed by atoms with van der Waals surface area (Å²) >= 11 is 1.47. The molecule has 0 amide bonds. The molecular formula is C28H25N5O2S. The van der Waals surface area contributed by atoms with E-state index in [0.717, 1.165) is 39.1 Å². The number of nitro groups is 1. The number of non-ortho nitro benzene ring substituents is 1. The molecule has 0 saturated heterocycles. The first-order valence-corrected chi connectivity index (χ1v) is 12.5. The van der Waals surface area contributed by atoms with Crippen LogP contribution in [0.5, 0.6) is 0 Å². The van der Waals surface area contributed by atoms with Gasteiger partial charge in [-0.3, -0.25) is 10.1 Å². The molecule has 1 N–H and O–H groups in total. The van der Waals surface area contributed by atoms with E-state index in [2.05, 4.69) is 37.0 Å². The molecule has 180 valence electrons. The van der Waals surface area contributed by atoms with Crippen LogP contribution in [0, 0.1) is 17.0 Å². The van der Waals surface area contributed by atoms with E-state index in [1.807, 2.05) is 48.9 Å². The number of benzene rings is 3. The number of hydrogen-bond donors (Lipinski definition) is 1. The number of para-hydroxylation sites is 1. The lowest BCUT2D eigenvalue weighted by atomic mass is 10.0. The molecule has 0 radical (unpaired) electrons. The third-order valence-corrected chi connectivity index (χ3v) is 6.91. The maximum absolute atomic E-state index is 11.1. The zero-order valence-electron chi connectivity index (χ0n) is 20.2. The number of aromatic nitrogens is 2. The molecule has 0 bridgehead atoms. The molecule has 2 heterocycles. The van der Waals surface area contributed by atoms with Crippen molar-refractivity contribution in [3.63, 3.8) is 0 Å². The van der Waals surface area contributed by atoms with Crippen molar-refractivity contribution >= 4 is 39.8 Å². The van der Waals surface area contributed by atoms with Crippen molar-refractivity contribution in [2.45, 2.75) is 26.7 Å². The minimum Gasteiger partial charge on any atom is -0.358 e. The SMILES string of the molecule is Cc1[nH]c2ccccc2c1C=Nn1c(-c2ccc([N+](=O)[O-])cc2)csc1=Nc1ccc(C(C)C)cc1. The molecule has 0 aliphatic carbocycles. The quantitative estimate of drug-likeness (QED) is 0.154. The van der Waals surface area contributed by atoms with Crippen LogP contribution in [0.25, 0.3) is 22.2 Å². The van der Waals surface area contributed by atoms with Gasteiger partial charge in [0, 0.05) is 45.2 Å². The lowest BCUT2D eigenvalue weighted by Gasteiger charge is -2.05. The van der Waals surface area contributed by atoms with Crippen LogP contribution in [0.15, 0.2) is 88.3 Å². The molecule has 5 rings (SSSR count). The fourth-order valence-corrected chi connectivity index (χ4v) is 4.92. The first-order chi connectivity index (χ1) is 17.4. The number of aromatic amines is 1. The molecular weight excluding hydrogens is 470 g/mol. The van der Waals surface area contributed by atoms with Crippen molar-refractivity contribution < 1.29 is 4.92 Å². The van der Waals surface area contributed by atoms with Crippen molar-refractivity contribution in [1.29, 1.82) is 0 Å². The Morgan fingerprint density at radius 1 is 1.03 bits per heavy atom. The number of aryl methyl sites for hydroxylation is 1. The fraction of sp³-hybridized carbons (Fsp3) is 0.143. The Hall–Kier alpha value is -4.30. The Balaban J connectivity index is 1.63. The molecule has 36 heavy (non-hydrogen) atoms. The highest BCUT2D eigenvalue weighted by molar-refractivity contribution is 7.07. The van der Waals surface area contributed by atoms with E-state index in [1.165, 1.54) is 29.0 Å². The highest BCUT2D eigenvalue weighted by Crippen LogP contribution is 2.25. The molecule has 0 spiro atoms. The lowest BCUT2D eigenvalue weighted by molar-refractivity contribution is -0.384. The summed E-state index contributed by atoms with van der Waals surface area (Å²) in [5, 5.41) is 19.0. The highest BCUT2D eigenvalue weighted by atomic mass is 32.1. The van der Waals surface area contributed by atoms with Crippen LogP contribution in [0.3, 0.4) is 0 Å². The maximum Gasteiger partial charge on any atom is 0.269 e. The van der Waals surface area contributed by atoms with Crippen LogP contribution < -0.4 is 4.80 Å². The zero-order chi connectivity index (χ0) is 25.2. The smallest absolute Gasteiger partial charge is 0.269 e. The van der Waals surface area contributed by atoms with Crippen LogP contribution in [0.4, 0.5) is 11.4 Å². The molecule has 3 aromatic carbocycles. The van der Waals surface area contributed by atoms with Crippen molar-refractivity contribution in [2.75, 3.05) is 0 Å². The number of fused-ring (bicyclic) bond motifs is 1. The number of nitrogens with one attached hydrogen (secondary N) is 1. The summed E-state index contributed by atoms with van der Waals surface area (Å²) in [4.78, 5) is 19.7. The van der Waals surface area contributed by atoms with Crippen LogP contribution in [0.2, 0.25) is 0 Å². The summed E-state index contributed by atoms with van der Waals surface area (Å²) in [6, 6.07) is 22.8. The van der Waals surface area contributed by atoms with Crippen molar-refractivity contribution in [1.82, 2.24) is 9.66 Å². The molecule has 0 fully saturated rings. The van der Waals surface area contributed by atoms with Gasteiger partial charge in [-0.05, 0) is 48.7 Å². The molecule has 0 aliphatic rings. The molecule has 2 aromatic heterocycles. The van der Waals surface area contributed by atoms with Gasteiger partial charge in [-0.25, -0.2) is 9.67 Å². The third kappa shape index (κ3) is 4.63. The van der Waals surface area contributed by atoms with Gasteiger partial charge in [-0.1, -0.05) is 44.2 Å². The first kappa shape index (κ1) is 23.4. The molecule has 5 aromatic rings. The molecule has 0 atom stereocenters. The van der Waals surface area contributed by atoms with Gasteiger partial charge < -0.3 is 4.98 Å². The minimum atomic E-state index is -0.398. The van der Waals surface area contributed by atoms with Gasteiger partial charge in [0.05, 0.1) is 22.5 Å². The van der Waals surface area contributed by atoms with Gasteiger partial charge in [0.15, 0.2) is 0 Å². The summed E-state index contributed by atoms with van der Waals surface area (Å²) in [6.07, 6.45) is 1.84. The largest absolute Gasteiger partial charge is 0.358 e. The second-order valence-electron chi connectivity index (χ2n) is 8.83. The summed E-state index contributed by atoms with van der Waals surface area (Å²) in [7, 11) is 0. The number of H-pyrrole nitrogens is 1. The van der Waals surface area contributed by atoms with E-state index < -0.39 is 4.92 Å². The average Bonchev–Trinajstić information content (AvgIpc) is 3.42. The second kappa shape index (κ2) is 9.75. The summed E-state index contributed by atoms with van der Waals surface area (Å²) in [6.45, 7) is 6.35. The van der Waals surface area contributed by atoms with Gasteiger partial charge in [0.2, 0.25) is 4.80 Å². The Labute approximate surface area is 212 Å². The number of thiazole rings is 1. The van der Waals surface area contributed by atoms with Crippen molar-refractivity contribution in [2.24, 2.45) is 10.1 Å². The van der Waals surface area contributed by atoms with E-state index in [-0.39, 0.29) is 5.69 Å². The third-order valence-electron chi connectivity index (χ3n) is 6.09. The molecule has 0 aliphatic heterocycles. The normalized spacial score (nSPS) is 12.3. The molecule has 0 unspecified atom stereocenters. The Morgan fingerprint density at radius 3 is 2.44 bits per heavy atom. The van der Waals surface area contributed by atoms with Crippen molar-refractivity contribution in [3.05, 3.63) is 110 Å². The standard InChI is InChI=1S/C28H25N5O2S/c1-18(2)20-8-12-22(13-9-20)31-28-32(27(17-36-28)21-10-14-23(15-11-21)33(34)35)29-16-25-19(3)30-26-7-5-4-6-24(25)26/h4-18,30H,1-3H3. The van der Waals surface area contributed by atoms with Gasteiger partial charge in [0.1, 0.15) is 0 Å². The van der Waals surface area contributed by atoms with E-state index >= 15 is 0 Å². The highest BCUT2D eigenvalue weighted by Gasteiger charge is 2.12. The summed E-state index contributed by atoms with van der Waals surface area (Å²) < 4.78 is 1.80. The van der Waals surface area contributed by atoms with Crippen molar-refractivity contribution in [3.8, 4) is 11.3 Å². The molecule has 7 nitrogen and oxygen atoms in total. The van der Waals surface area contributed by atoms with Crippen LogP contribution >= 0.6 is 11.3 Å².